The highest BCUT2D eigenvalue weighted by atomic mass is 16.2. The molecule has 0 unspecified atom stereocenters. The van der Waals surface area contributed by atoms with Crippen LogP contribution >= 0.6 is 0 Å². The van der Waals surface area contributed by atoms with Gasteiger partial charge in [0, 0.05) is 12.4 Å². The number of nitrogens with zero attached hydrogens (tertiary/aromatic N) is 2. The molecule has 3 rings (SSSR count). The molecular formula is C19H19N3O. The van der Waals surface area contributed by atoms with E-state index < -0.39 is 0 Å². The van der Waals surface area contributed by atoms with Gasteiger partial charge in [0.05, 0.1) is 12.4 Å². The Hall–Kier alpha value is -2.88. The molecule has 1 aromatic heterocycles. The first-order valence-electron chi connectivity index (χ1n) is 7.63. The zero-order valence-electron chi connectivity index (χ0n) is 13.0. The van der Waals surface area contributed by atoms with E-state index in [0.29, 0.717) is 0 Å². The summed E-state index contributed by atoms with van der Waals surface area (Å²) in [5.41, 5.74) is 3.45. The van der Waals surface area contributed by atoms with Crippen LogP contribution in [0.15, 0.2) is 73.3 Å². The summed E-state index contributed by atoms with van der Waals surface area (Å²) in [6, 6.07) is 18.5. The Morgan fingerprint density at radius 2 is 1.78 bits per heavy atom. The third kappa shape index (κ3) is 3.86. The van der Waals surface area contributed by atoms with Crippen LogP contribution in [0, 0.1) is 0 Å². The minimum atomic E-state index is -0.0316. The van der Waals surface area contributed by atoms with Crippen LogP contribution in [-0.2, 0) is 11.3 Å². The van der Waals surface area contributed by atoms with Gasteiger partial charge in [-0.15, -0.1) is 0 Å². The molecule has 0 radical (unpaired) electrons. The second-order valence-corrected chi connectivity index (χ2v) is 5.51. The normalized spacial score (nSPS) is 11.9. The van der Waals surface area contributed by atoms with Gasteiger partial charge in [0.1, 0.15) is 6.54 Å². The molecule has 0 aliphatic heterocycles. The molecular weight excluding hydrogens is 286 g/mol. The van der Waals surface area contributed by atoms with Crippen LogP contribution in [0.1, 0.15) is 18.5 Å². The summed E-state index contributed by atoms with van der Waals surface area (Å²) in [5, 5.41) is 3.01. The lowest BCUT2D eigenvalue weighted by molar-refractivity contribution is -0.122. The Bertz CT molecular complexity index is 749. The topological polar surface area (TPSA) is 46.9 Å². The molecule has 2 aromatic carbocycles. The fraction of sp³-hybridized carbons (Fsp3) is 0.158. The highest BCUT2D eigenvalue weighted by Crippen LogP contribution is 2.21. The van der Waals surface area contributed by atoms with Crippen LogP contribution in [0.25, 0.3) is 11.1 Å². The number of carbonyl (C=O) groups excluding carboxylic acids is 1. The van der Waals surface area contributed by atoms with Gasteiger partial charge in [0.2, 0.25) is 5.91 Å². The molecule has 1 N–H and O–H groups in total. The van der Waals surface area contributed by atoms with E-state index in [4.69, 9.17) is 0 Å². The fourth-order valence-corrected chi connectivity index (χ4v) is 2.51. The van der Waals surface area contributed by atoms with Crippen LogP contribution in [0.3, 0.4) is 0 Å². The van der Waals surface area contributed by atoms with Crippen LogP contribution in [0.2, 0.25) is 0 Å². The van der Waals surface area contributed by atoms with E-state index in [0.717, 1.165) is 5.56 Å². The SMILES string of the molecule is C[C@H](NC(=O)Cn1ccnc1)c1ccc(-c2ccccc2)cc1. The molecule has 1 amide bonds. The number of nitrogens with one attached hydrogen (secondary N) is 1. The predicted molar refractivity (Wildman–Crippen MR) is 90.7 cm³/mol. The molecule has 1 heterocycles. The maximum atomic E-state index is 12.0. The summed E-state index contributed by atoms with van der Waals surface area (Å²) in [7, 11) is 0. The second kappa shape index (κ2) is 6.92. The number of imidazole rings is 1. The van der Waals surface area contributed by atoms with Crippen molar-refractivity contribution in [3.05, 3.63) is 78.9 Å². The van der Waals surface area contributed by atoms with Gasteiger partial charge in [0.15, 0.2) is 0 Å². The zero-order valence-corrected chi connectivity index (χ0v) is 13.0. The summed E-state index contributed by atoms with van der Waals surface area (Å²) in [6.45, 7) is 2.27. The summed E-state index contributed by atoms with van der Waals surface area (Å²) >= 11 is 0. The Labute approximate surface area is 135 Å². The molecule has 23 heavy (non-hydrogen) atoms. The number of hydrogen-bond acceptors (Lipinski definition) is 2. The zero-order chi connectivity index (χ0) is 16.1. The van der Waals surface area contributed by atoms with Crippen LogP contribution in [-0.4, -0.2) is 15.5 Å². The van der Waals surface area contributed by atoms with Crippen molar-refractivity contribution in [3.63, 3.8) is 0 Å². The van der Waals surface area contributed by atoms with Gasteiger partial charge in [-0.2, -0.15) is 0 Å². The Morgan fingerprint density at radius 3 is 2.43 bits per heavy atom. The first kappa shape index (κ1) is 15.0. The molecule has 0 aliphatic carbocycles. The molecule has 0 spiro atoms. The third-order valence-electron chi connectivity index (χ3n) is 3.78. The molecule has 0 saturated heterocycles. The number of amides is 1. The van der Waals surface area contributed by atoms with Gasteiger partial charge in [-0.05, 0) is 23.6 Å². The lowest BCUT2D eigenvalue weighted by Gasteiger charge is -2.15. The molecule has 4 heteroatoms. The number of aromatic nitrogens is 2. The van der Waals surface area contributed by atoms with Crippen molar-refractivity contribution in [2.45, 2.75) is 19.5 Å². The van der Waals surface area contributed by atoms with Gasteiger partial charge < -0.3 is 9.88 Å². The highest BCUT2D eigenvalue weighted by molar-refractivity contribution is 5.76. The first-order chi connectivity index (χ1) is 11.2. The first-order valence-corrected chi connectivity index (χ1v) is 7.63. The van der Waals surface area contributed by atoms with E-state index in [2.05, 4.69) is 46.7 Å². The predicted octanol–water partition coefficient (Wildman–Crippen LogP) is 3.43. The second-order valence-electron chi connectivity index (χ2n) is 5.51. The quantitative estimate of drug-likeness (QED) is 0.785. The fourth-order valence-electron chi connectivity index (χ4n) is 2.51. The van der Waals surface area contributed by atoms with Gasteiger partial charge in [-0.3, -0.25) is 4.79 Å². The average Bonchev–Trinajstić information content (AvgIpc) is 3.08. The Morgan fingerprint density at radius 1 is 1.09 bits per heavy atom. The number of benzene rings is 2. The van der Waals surface area contributed by atoms with Crippen molar-refractivity contribution < 1.29 is 4.79 Å². The van der Waals surface area contributed by atoms with E-state index in [1.807, 2.05) is 25.1 Å². The minimum Gasteiger partial charge on any atom is -0.348 e. The molecule has 4 nitrogen and oxygen atoms in total. The summed E-state index contributed by atoms with van der Waals surface area (Å²) in [6.07, 6.45) is 5.08. The van der Waals surface area contributed by atoms with Crippen molar-refractivity contribution in [2.75, 3.05) is 0 Å². The number of hydrogen-bond donors (Lipinski definition) is 1. The smallest absolute Gasteiger partial charge is 0.240 e. The van der Waals surface area contributed by atoms with E-state index in [1.54, 1.807) is 23.3 Å². The molecule has 1 atom stereocenters. The Kier molecular flexibility index (Phi) is 4.52. The van der Waals surface area contributed by atoms with Gasteiger partial charge in [-0.25, -0.2) is 4.98 Å². The summed E-state index contributed by atoms with van der Waals surface area (Å²) in [4.78, 5) is 16.0. The van der Waals surface area contributed by atoms with E-state index >= 15 is 0 Å². The average molecular weight is 305 g/mol. The molecule has 0 fully saturated rings. The largest absolute Gasteiger partial charge is 0.348 e. The summed E-state index contributed by atoms with van der Waals surface area (Å²) in [5.74, 6) is -0.0253. The molecule has 0 aliphatic rings. The maximum Gasteiger partial charge on any atom is 0.240 e. The Balaban J connectivity index is 1.63. The lowest BCUT2D eigenvalue weighted by atomic mass is 10.0. The standard InChI is InChI=1S/C19H19N3O/c1-15(21-19(23)13-22-12-11-20-14-22)16-7-9-18(10-8-16)17-5-3-2-4-6-17/h2-12,14-15H,13H2,1H3,(H,21,23)/t15-/m0/s1. The van der Waals surface area contributed by atoms with Gasteiger partial charge >= 0.3 is 0 Å². The van der Waals surface area contributed by atoms with E-state index in [9.17, 15) is 4.79 Å². The van der Waals surface area contributed by atoms with Crippen LogP contribution in [0.4, 0.5) is 0 Å². The molecule has 0 saturated carbocycles. The maximum absolute atomic E-state index is 12.0. The third-order valence-corrected chi connectivity index (χ3v) is 3.78. The van der Waals surface area contributed by atoms with Crippen molar-refractivity contribution >= 4 is 5.91 Å². The van der Waals surface area contributed by atoms with Crippen molar-refractivity contribution in [1.82, 2.24) is 14.9 Å². The number of rotatable bonds is 5. The van der Waals surface area contributed by atoms with E-state index in [-0.39, 0.29) is 18.5 Å². The molecule has 3 aromatic rings. The van der Waals surface area contributed by atoms with Crippen molar-refractivity contribution in [3.8, 4) is 11.1 Å². The van der Waals surface area contributed by atoms with Crippen molar-refractivity contribution in [1.29, 1.82) is 0 Å². The molecule has 0 bridgehead atoms. The van der Waals surface area contributed by atoms with Crippen LogP contribution in [0.5, 0.6) is 0 Å². The molecule has 116 valence electrons. The lowest BCUT2D eigenvalue weighted by Crippen LogP contribution is -2.29. The van der Waals surface area contributed by atoms with Gasteiger partial charge in [0.25, 0.3) is 0 Å². The number of carbonyl (C=O) groups is 1. The monoisotopic (exact) mass is 305 g/mol. The van der Waals surface area contributed by atoms with Crippen molar-refractivity contribution in [2.24, 2.45) is 0 Å². The van der Waals surface area contributed by atoms with Gasteiger partial charge in [-0.1, -0.05) is 54.6 Å². The minimum absolute atomic E-state index is 0.0253. The summed E-state index contributed by atoms with van der Waals surface area (Å²) < 4.78 is 1.75. The van der Waals surface area contributed by atoms with E-state index in [1.165, 1.54) is 11.1 Å². The van der Waals surface area contributed by atoms with Crippen LogP contribution < -0.4 is 5.32 Å². The highest BCUT2D eigenvalue weighted by Gasteiger charge is 2.10.